The van der Waals surface area contributed by atoms with Crippen molar-refractivity contribution in [1.82, 2.24) is 14.9 Å². The summed E-state index contributed by atoms with van der Waals surface area (Å²) in [4.78, 5) is 4.07. The molecule has 1 aliphatic heterocycles. The summed E-state index contributed by atoms with van der Waals surface area (Å²) < 4.78 is 2.14. The zero-order valence-corrected chi connectivity index (χ0v) is 10.9. The van der Waals surface area contributed by atoms with Crippen LogP contribution in [0.1, 0.15) is 26.7 Å². The lowest BCUT2D eigenvalue weighted by molar-refractivity contribution is 0.381. The first kappa shape index (κ1) is 12.0. The predicted octanol–water partition coefficient (Wildman–Crippen LogP) is 2.15. The topological polar surface area (TPSA) is 29.9 Å². The van der Waals surface area contributed by atoms with Crippen molar-refractivity contribution in [2.45, 2.75) is 50.6 Å². The van der Waals surface area contributed by atoms with Crippen molar-refractivity contribution in [2.24, 2.45) is 0 Å². The van der Waals surface area contributed by atoms with E-state index in [9.17, 15) is 0 Å². The number of thioether (sulfide) groups is 1. The van der Waals surface area contributed by atoms with E-state index in [1.165, 1.54) is 18.6 Å². The molecule has 1 aromatic rings. The van der Waals surface area contributed by atoms with E-state index < -0.39 is 0 Å². The van der Waals surface area contributed by atoms with Gasteiger partial charge in [0.25, 0.3) is 0 Å². The number of aromatic nitrogens is 2. The highest BCUT2D eigenvalue weighted by molar-refractivity contribution is 7.99. The second kappa shape index (κ2) is 5.73. The van der Waals surface area contributed by atoms with Crippen LogP contribution in [0, 0.1) is 0 Å². The number of imidazole rings is 1. The smallest absolute Gasteiger partial charge is 0.0946 e. The van der Waals surface area contributed by atoms with Gasteiger partial charge in [0.05, 0.1) is 6.33 Å². The summed E-state index contributed by atoms with van der Waals surface area (Å²) in [6.07, 6.45) is 8.42. The molecule has 1 N–H and O–H groups in total. The molecule has 1 aromatic heterocycles. The summed E-state index contributed by atoms with van der Waals surface area (Å²) in [5.74, 6) is 1.33. The lowest BCUT2D eigenvalue weighted by Crippen LogP contribution is -2.45. The van der Waals surface area contributed by atoms with E-state index >= 15 is 0 Å². The van der Waals surface area contributed by atoms with Gasteiger partial charge in [0.1, 0.15) is 0 Å². The molecule has 0 radical (unpaired) electrons. The van der Waals surface area contributed by atoms with Crippen LogP contribution < -0.4 is 5.32 Å². The highest BCUT2D eigenvalue weighted by Crippen LogP contribution is 2.25. The van der Waals surface area contributed by atoms with Crippen molar-refractivity contribution in [2.75, 3.05) is 5.75 Å². The number of rotatable bonds is 4. The molecule has 3 nitrogen and oxygen atoms in total. The van der Waals surface area contributed by atoms with E-state index in [4.69, 9.17) is 0 Å². The van der Waals surface area contributed by atoms with E-state index in [0.29, 0.717) is 12.1 Å². The first-order chi connectivity index (χ1) is 7.75. The van der Waals surface area contributed by atoms with Crippen molar-refractivity contribution in [1.29, 1.82) is 0 Å². The van der Waals surface area contributed by atoms with Gasteiger partial charge in [-0.1, -0.05) is 6.92 Å². The van der Waals surface area contributed by atoms with Gasteiger partial charge >= 0.3 is 0 Å². The van der Waals surface area contributed by atoms with Gasteiger partial charge in [-0.15, -0.1) is 0 Å². The molecule has 0 aromatic carbocycles. The maximum absolute atomic E-state index is 4.07. The summed E-state index contributed by atoms with van der Waals surface area (Å²) >= 11 is 2.09. The molecule has 3 atom stereocenters. The molecule has 0 amide bonds. The third-order valence-corrected chi connectivity index (χ3v) is 4.53. The van der Waals surface area contributed by atoms with Gasteiger partial charge in [0, 0.05) is 36.3 Å². The first-order valence-corrected chi connectivity index (χ1v) is 7.14. The highest BCUT2D eigenvalue weighted by Gasteiger charge is 2.22. The lowest BCUT2D eigenvalue weighted by atomic mass is 10.1. The van der Waals surface area contributed by atoms with E-state index in [2.05, 4.69) is 40.5 Å². The largest absolute Gasteiger partial charge is 0.336 e. The zero-order chi connectivity index (χ0) is 11.4. The molecule has 0 aliphatic carbocycles. The Morgan fingerprint density at radius 3 is 3.19 bits per heavy atom. The summed E-state index contributed by atoms with van der Waals surface area (Å²) in [5.41, 5.74) is 0. The minimum absolute atomic E-state index is 0.514. The van der Waals surface area contributed by atoms with Crippen molar-refractivity contribution < 1.29 is 0 Å². The Morgan fingerprint density at radius 2 is 2.50 bits per heavy atom. The Morgan fingerprint density at radius 1 is 1.62 bits per heavy atom. The summed E-state index contributed by atoms with van der Waals surface area (Å²) in [6.45, 7) is 5.60. The number of hydrogen-bond acceptors (Lipinski definition) is 3. The fraction of sp³-hybridized carbons (Fsp3) is 0.750. The molecule has 0 bridgehead atoms. The van der Waals surface area contributed by atoms with Gasteiger partial charge in [-0.3, -0.25) is 0 Å². The molecule has 16 heavy (non-hydrogen) atoms. The average molecular weight is 239 g/mol. The van der Waals surface area contributed by atoms with Crippen molar-refractivity contribution in [3.05, 3.63) is 18.7 Å². The van der Waals surface area contributed by atoms with E-state index in [1.807, 2.05) is 18.7 Å². The van der Waals surface area contributed by atoms with Gasteiger partial charge in [0.2, 0.25) is 0 Å². The standard InChI is InChI=1S/C12H21N3S/c1-10(8-15-6-5-13-9-15)14-12-4-3-7-16-11(12)2/h5-6,9-12,14H,3-4,7-8H2,1-2H3. The third kappa shape index (κ3) is 3.25. The van der Waals surface area contributed by atoms with Crippen LogP contribution in [-0.4, -0.2) is 32.6 Å². The quantitative estimate of drug-likeness (QED) is 0.873. The van der Waals surface area contributed by atoms with Gasteiger partial charge in [-0.2, -0.15) is 11.8 Å². The fourth-order valence-corrected chi connectivity index (χ4v) is 3.42. The Bertz CT molecular complexity index is 299. The monoisotopic (exact) mass is 239 g/mol. The molecule has 4 heteroatoms. The second-order valence-corrected chi connectivity index (χ2v) is 6.14. The van der Waals surface area contributed by atoms with E-state index in [1.54, 1.807) is 0 Å². The Balaban J connectivity index is 1.79. The number of nitrogens with one attached hydrogen (secondary N) is 1. The molecule has 1 saturated heterocycles. The van der Waals surface area contributed by atoms with Crippen LogP contribution in [0.15, 0.2) is 18.7 Å². The van der Waals surface area contributed by atoms with Crippen molar-refractivity contribution in [3.8, 4) is 0 Å². The highest BCUT2D eigenvalue weighted by atomic mass is 32.2. The number of hydrogen-bond donors (Lipinski definition) is 1. The maximum Gasteiger partial charge on any atom is 0.0946 e. The molecule has 90 valence electrons. The minimum Gasteiger partial charge on any atom is -0.336 e. The van der Waals surface area contributed by atoms with E-state index in [-0.39, 0.29) is 0 Å². The molecular formula is C12H21N3S. The molecule has 0 saturated carbocycles. The summed E-state index contributed by atoms with van der Waals surface area (Å²) in [5, 5.41) is 4.49. The normalized spacial score (nSPS) is 27.9. The van der Waals surface area contributed by atoms with Crippen LogP contribution in [0.3, 0.4) is 0 Å². The van der Waals surface area contributed by atoms with E-state index in [0.717, 1.165) is 11.8 Å². The second-order valence-electron chi connectivity index (χ2n) is 4.65. The van der Waals surface area contributed by atoms with Gasteiger partial charge in [-0.25, -0.2) is 4.98 Å². The molecule has 2 heterocycles. The Kier molecular flexibility index (Phi) is 4.29. The SMILES string of the molecule is CC(Cn1ccnc1)NC1CCCSC1C. The van der Waals surface area contributed by atoms with Crippen LogP contribution in [-0.2, 0) is 6.54 Å². The van der Waals surface area contributed by atoms with Crippen LogP contribution >= 0.6 is 11.8 Å². The van der Waals surface area contributed by atoms with Crippen LogP contribution in [0.25, 0.3) is 0 Å². The van der Waals surface area contributed by atoms with Crippen LogP contribution in [0.4, 0.5) is 0 Å². The lowest BCUT2D eigenvalue weighted by Gasteiger charge is -2.31. The number of nitrogens with zero attached hydrogens (tertiary/aromatic N) is 2. The Labute approximate surface area is 102 Å². The van der Waals surface area contributed by atoms with Crippen LogP contribution in [0.5, 0.6) is 0 Å². The average Bonchev–Trinajstić information content (AvgIpc) is 2.74. The summed E-state index contributed by atoms with van der Waals surface area (Å²) in [6, 6.07) is 1.19. The zero-order valence-electron chi connectivity index (χ0n) is 10.1. The van der Waals surface area contributed by atoms with Gasteiger partial charge < -0.3 is 9.88 Å². The maximum atomic E-state index is 4.07. The third-order valence-electron chi connectivity index (χ3n) is 3.15. The molecule has 1 aliphatic rings. The van der Waals surface area contributed by atoms with Gasteiger partial charge in [0.15, 0.2) is 0 Å². The van der Waals surface area contributed by atoms with Gasteiger partial charge in [-0.05, 0) is 25.5 Å². The molecule has 3 unspecified atom stereocenters. The predicted molar refractivity (Wildman–Crippen MR) is 69.8 cm³/mol. The van der Waals surface area contributed by atoms with Crippen molar-refractivity contribution >= 4 is 11.8 Å². The summed E-state index contributed by atoms with van der Waals surface area (Å²) in [7, 11) is 0. The molecule has 1 fully saturated rings. The van der Waals surface area contributed by atoms with Crippen LogP contribution in [0.2, 0.25) is 0 Å². The first-order valence-electron chi connectivity index (χ1n) is 6.09. The molecular weight excluding hydrogens is 218 g/mol. The fourth-order valence-electron chi connectivity index (χ4n) is 2.27. The minimum atomic E-state index is 0.514. The Hall–Kier alpha value is -0.480. The molecule has 2 rings (SSSR count). The molecule has 0 spiro atoms. The van der Waals surface area contributed by atoms with Crippen molar-refractivity contribution in [3.63, 3.8) is 0 Å².